The summed E-state index contributed by atoms with van der Waals surface area (Å²) in [5.74, 6) is 1.51. The van der Waals surface area contributed by atoms with Crippen molar-refractivity contribution in [3.8, 4) is 5.75 Å². The number of pyridine rings is 1. The quantitative estimate of drug-likeness (QED) is 0.505. The Balaban J connectivity index is 1.43. The van der Waals surface area contributed by atoms with Crippen molar-refractivity contribution < 1.29 is 18.8 Å². The molecule has 7 heteroatoms. The fraction of sp³-hybridized carbons (Fsp3) is 0.400. The van der Waals surface area contributed by atoms with Gasteiger partial charge in [0.2, 0.25) is 5.91 Å². The average molecular weight is 436 g/mol. The minimum absolute atomic E-state index is 0.0157. The second kappa shape index (κ2) is 10.4. The summed E-state index contributed by atoms with van der Waals surface area (Å²) < 4.78 is 16.7. The van der Waals surface area contributed by atoms with Crippen LogP contribution in [0.25, 0.3) is 0 Å². The van der Waals surface area contributed by atoms with Crippen molar-refractivity contribution in [2.45, 2.75) is 52.3 Å². The summed E-state index contributed by atoms with van der Waals surface area (Å²) in [5, 5.41) is 3.97. The van der Waals surface area contributed by atoms with E-state index in [1.807, 2.05) is 55.1 Å². The largest absolute Gasteiger partial charge is 0.491 e. The van der Waals surface area contributed by atoms with Crippen LogP contribution in [-0.2, 0) is 29.0 Å². The number of ether oxygens (including phenoxy) is 2. The lowest BCUT2D eigenvalue weighted by atomic mass is 10.1. The predicted molar refractivity (Wildman–Crippen MR) is 119 cm³/mol. The maximum Gasteiger partial charge on any atom is 0.227 e. The van der Waals surface area contributed by atoms with E-state index in [-0.39, 0.29) is 18.4 Å². The molecule has 1 fully saturated rings. The number of carbonyl (C=O) groups is 1. The molecule has 4 rings (SSSR count). The lowest BCUT2D eigenvalue weighted by Gasteiger charge is -2.23. The van der Waals surface area contributed by atoms with Gasteiger partial charge in [-0.05, 0) is 56.0 Å². The number of nitrogens with zero attached hydrogens (tertiary/aromatic N) is 3. The molecule has 1 aliphatic heterocycles. The van der Waals surface area contributed by atoms with Gasteiger partial charge in [0, 0.05) is 37.7 Å². The Hall–Kier alpha value is -3.19. The molecule has 1 aliphatic rings. The number of amides is 1. The number of rotatable bonds is 9. The van der Waals surface area contributed by atoms with E-state index in [0.29, 0.717) is 25.5 Å². The Kier molecular flexibility index (Phi) is 7.17. The lowest BCUT2D eigenvalue weighted by molar-refractivity contribution is -0.131. The van der Waals surface area contributed by atoms with E-state index < -0.39 is 0 Å². The zero-order valence-electron chi connectivity index (χ0n) is 18.6. The van der Waals surface area contributed by atoms with Crippen LogP contribution >= 0.6 is 0 Å². The summed E-state index contributed by atoms with van der Waals surface area (Å²) in [6.45, 7) is 6.06. The van der Waals surface area contributed by atoms with Crippen molar-refractivity contribution >= 4 is 5.91 Å². The third-order valence-corrected chi connectivity index (χ3v) is 5.71. The third-order valence-electron chi connectivity index (χ3n) is 5.71. The van der Waals surface area contributed by atoms with E-state index >= 15 is 0 Å². The van der Waals surface area contributed by atoms with E-state index in [4.69, 9.17) is 14.0 Å². The third kappa shape index (κ3) is 5.73. The maximum atomic E-state index is 13.2. The fourth-order valence-electron chi connectivity index (χ4n) is 3.84. The van der Waals surface area contributed by atoms with Crippen LogP contribution in [0.15, 0.2) is 53.3 Å². The molecule has 2 aromatic heterocycles. The molecule has 3 aromatic rings. The second-order valence-electron chi connectivity index (χ2n) is 8.18. The zero-order valence-corrected chi connectivity index (χ0v) is 18.6. The van der Waals surface area contributed by atoms with E-state index in [0.717, 1.165) is 47.6 Å². The summed E-state index contributed by atoms with van der Waals surface area (Å²) >= 11 is 0. The molecule has 1 saturated heterocycles. The van der Waals surface area contributed by atoms with Crippen molar-refractivity contribution in [1.29, 1.82) is 0 Å². The molecule has 1 aromatic carbocycles. The van der Waals surface area contributed by atoms with Crippen LogP contribution in [0.4, 0.5) is 0 Å². The second-order valence-corrected chi connectivity index (χ2v) is 8.18. The lowest BCUT2D eigenvalue weighted by Crippen LogP contribution is -2.31. The molecule has 0 unspecified atom stereocenters. The fourth-order valence-corrected chi connectivity index (χ4v) is 3.84. The summed E-state index contributed by atoms with van der Waals surface area (Å²) in [6.07, 6.45) is 6.11. The van der Waals surface area contributed by atoms with E-state index in [1.165, 1.54) is 0 Å². The standard InChI is InChI=1S/C25H29N3O4/c1-18-24(19(2)32-27-18)13-25(29)28(16-21-5-3-11-26-14-21)15-20-7-9-22(10-8-20)31-17-23-6-4-12-30-23/h3,5,7-11,14,23H,4,6,12-13,15-17H2,1-2H3/t23-/m1/s1. The van der Waals surface area contributed by atoms with Crippen LogP contribution in [0.1, 0.15) is 41.0 Å². The molecular weight excluding hydrogens is 406 g/mol. The van der Waals surface area contributed by atoms with Crippen LogP contribution < -0.4 is 4.74 Å². The highest BCUT2D eigenvalue weighted by atomic mass is 16.5. The molecular formula is C25H29N3O4. The number of aryl methyl sites for hydroxylation is 2. The summed E-state index contributed by atoms with van der Waals surface area (Å²) in [7, 11) is 0. The Morgan fingerprint density at radius 3 is 2.62 bits per heavy atom. The van der Waals surface area contributed by atoms with Crippen molar-refractivity contribution in [1.82, 2.24) is 15.0 Å². The van der Waals surface area contributed by atoms with Gasteiger partial charge in [0.05, 0.1) is 18.2 Å². The molecule has 3 heterocycles. The van der Waals surface area contributed by atoms with Crippen molar-refractivity contribution in [2.75, 3.05) is 13.2 Å². The first kappa shape index (κ1) is 22.0. The van der Waals surface area contributed by atoms with Crippen molar-refractivity contribution in [2.24, 2.45) is 0 Å². The van der Waals surface area contributed by atoms with Crippen molar-refractivity contribution in [3.63, 3.8) is 0 Å². The van der Waals surface area contributed by atoms with Gasteiger partial charge in [-0.2, -0.15) is 0 Å². The van der Waals surface area contributed by atoms with Gasteiger partial charge in [0.1, 0.15) is 18.1 Å². The molecule has 0 bridgehead atoms. The summed E-state index contributed by atoms with van der Waals surface area (Å²) in [6, 6.07) is 11.8. The van der Waals surface area contributed by atoms with E-state index in [2.05, 4.69) is 10.1 Å². The van der Waals surface area contributed by atoms with Gasteiger partial charge in [-0.1, -0.05) is 23.4 Å². The highest BCUT2D eigenvalue weighted by Gasteiger charge is 2.20. The molecule has 0 radical (unpaired) electrons. The highest BCUT2D eigenvalue weighted by Crippen LogP contribution is 2.20. The van der Waals surface area contributed by atoms with E-state index in [9.17, 15) is 4.79 Å². The predicted octanol–water partition coefficient (Wildman–Crippen LogP) is 4.02. The molecule has 0 N–H and O–H groups in total. The summed E-state index contributed by atoms with van der Waals surface area (Å²) in [5.41, 5.74) is 3.62. The molecule has 0 aliphatic carbocycles. The number of aromatic nitrogens is 2. The van der Waals surface area contributed by atoms with Crippen LogP contribution in [0.5, 0.6) is 5.75 Å². The zero-order chi connectivity index (χ0) is 22.3. The smallest absolute Gasteiger partial charge is 0.227 e. The number of carbonyl (C=O) groups excluding carboxylic acids is 1. The minimum atomic E-state index is 0.0157. The minimum Gasteiger partial charge on any atom is -0.491 e. The van der Waals surface area contributed by atoms with Gasteiger partial charge in [0.25, 0.3) is 0 Å². The van der Waals surface area contributed by atoms with Gasteiger partial charge in [-0.15, -0.1) is 0 Å². The van der Waals surface area contributed by atoms with Gasteiger partial charge in [-0.3, -0.25) is 9.78 Å². The number of benzene rings is 1. The molecule has 7 nitrogen and oxygen atoms in total. The first-order valence-corrected chi connectivity index (χ1v) is 11.0. The van der Waals surface area contributed by atoms with Crippen LogP contribution in [-0.4, -0.2) is 40.3 Å². The normalized spacial score (nSPS) is 15.6. The number of hydrogen-bond acceptors (Lipinski definition) is 6. The summed E-state index contributed by atoms with van der Waals surface area (Å²) in [4.78, 5) is 19.3. The first-order valence-electron chi connectivity index (χ1n) is 11.0. The molecule has 0 spiro atoms. The maximum absolute atomic E-state index is 13.2. The van der Waals surface area contributed by atoms with Gasteiger partial charge in [-0.25, -0.2) is 0 Å². The highest BCUT2D eigenvalue weighted by molar-refractivity contribution is 5.79. The Morgan fingerprint density at radius 1 is 1.16 bits per heavy atom. The molecule has 1 amide bonds. The Bertz CT molecular complexity index is 992. The average Bonchev–Trinajstić information content (AvgIpc) is 3.44. The first-order chi connectivity index (χ1) is 15.6. The number of hydrogen-bond donors (Lipinski definition) is 0. The Labute approximate surface area is 188 Å². The SMILES string of the molecule is Cc1noc(C)c1CC(=O)N(Cc1ccc(OC[C@H]2CCCO2)cc1)Cc1cccnc1. The van der Waals surface area contributed by atoms with E-state index in [1.54, 1.807) is 12.4 Å². The van der Waals surface area contributed by atoms with Gasteiger partial charge in [0.15, 0.2) is 0 Å². The molecule has 0 saturated carbocycles. The Morgan fingerprint density at radius 2 is 1.97 bits per heavy atom. The van der Waals surface area contributed by atoms with Gasteiger partial charge >= 0.3 is 0 Å². The molecule has 32 heavy (non-hydrogen) atoms. The van der Waals surface area contributed by atoms with Gasteiger partial charge < -0.3 is 18.9 Å². The van der Waals surface area contributed by atoms with Crippen LogP contribution in [0.2, 0.25) is 0 Å². The van der Waals surface area contributed by atoms with Crippen LogP contribution in [0, 0.1) is 13.8 Å². The monoisotopic (exact) mass is 435 g/mol. The topological polar surface area (TPSA) is 77.7 Å². The van der Waals surface area contributed by atoms with Crippen LogP contribution in [0.3, 0.4) is 0 Å². The molecule has 168 valence electrons. The molecule has 1 atom stereocenters. The van der Waals surface area contributed by atoms with Crippen molar-refractivity contribution in [3.05, 3.63) is 76.9 Å².